The fraction of sp³-hybridized carbons (Fsp3) is 0.273. The molecule has 0 bridgehead atoms. The SMILES string of the molecule is COC(=O)[C@@H](C)Sc1nnc(-c2cccnc2)o1. The van der Waals surface area contributed by atoms with Crippen molar-refractivity contribution in [3.8, 4) is 11.5 Å². The molecule has 0 spiro atoms. The predicted octanol–water partition coefficient (Wildman–Crippen LogP) is 1.79. The standard InChI is InChI=1S/C11H11N3O3S/c1-7(10(15)16-2)18-11-14-13-9(17-11)8-4-3-5-12-6-8/h3-7H,1-2H3/t7-/m1/s1. The molecule has 0 aliphatic carbocycles. The average Bonchev–Trinajstić information content (AvgIpc) is 2.87. The summed E-state index contributed by atoms with van der Waals surface area (Å²) in [7, 11) is 1.34. The van der Waals surface area contributed by atoms with E-state index in [-0.39, 0.29) is 5.97 Å². The monoisotopic (exact) mass is 265 g/mol. The lowest BCUT2D eigenvalue weighted by Gasteiger charge is -2.04. The topological polar surface area (TPSA) is 78.1 Å². The highest BCUT2D eigenvalue weighted by Gasteiger charge is 2.18. The van der Waals surface area contributed by atoms with Gasteiger partial charge in [-0.1, -0.05) is 11.8 Å². The van der Waals surface area contributed by atoms with Gasteiger partial charge in [0.2, 0.25) is 5.89 Å². The van der Waals surface area contributed by atoms with Crippen LogP contribution in [0.3, 0.4) is 0 Å². The molecule has 0 fully saturated rings. The first kappa shape index (κ1) is 12.6. The summed E-state index contributed by atoms with van der Waals surface area (Å²) in [6.45, 7) is 1.71. The van der Waals surface area contributed by atoms with Crippen LogP contribution in [0.2, 0.25) is 0 Å². The van der Waals surface area contributed by atoms with Crippen LogP contribution in [-0.2, 0) is 9.53 Å². The van der Waals surface area contributed by atoms with E-state index in [2.05, 4.69) is 19.9 Å². The van der Waals surface area contributed by atoms with E-state index in [1.54, 1.807) is 25.4 Å². The second-order valence-electron chi connectivity index (χ2n) is 3.40. The van der Waals surface area contributed by atoms with E-state index in [1.165, 1.54) is 7.11 Å². The number of hydrogen-bond donors (Lipinski definition) is 0. The van der Waals surface area contributed by atoms with Crippen LogP contribution >= 0.6 is 11.8 Å². The van der Waals surface area contributed by atoms with Crippen LogP contribution in [0.1, 0.15) is 6.92 Å². The van der Waals surface area contributed by atoms with Crippen molar-refractivity contribution >= 4 is 17.7 Å². The van der Waals surface area contributed by atoms with Crippen molar-refractivity contribution in [1.82, 2.24) is 15.2 Å². The highest BCUT2D eigenvalue weighted by atomic mass is 32.2. The zero-order valence-electron chi connectivity index (χ0n) is 9.86. The molecule has 94 valence electrons. The Morgan fingerprint density at radius 1 is 1.50 bits per heavy atom. The molecule has 0 aliphatic heterocycles. The van der Waals surface area contributed by atoms with Gasteiger partial charge in [-0.3, -0.25) is 9.78 Å². The van der Waals surface area contributed by atoms with Crippen LogP contribution < -0.4 is 0 Å². The van der Waals surface area contributed by atoms with Crippen LogP contribution in [0.15, 0.2) is 34.2 Å². The molecule has 0 N–H and O–H groups in total. The highest BCUT2D eigenvalue weighted by molar-refractivity contribution is 8.00. The van der Waals surface area contributed by atoms with Gasteiger partial charge in [0.15, 0.2) is 0 Å². The molecule has 6 nitrogen and oxygen atoms in total. The minimum absolute atomic E-state index is 0.326. The molecule has 2 aromatic rings. The molecular formula is C11H11N3O3S. The number of aromatic nitrogens is 3. The first-order chi connectivity index (χ1) is 8.70. The van der Waals surface area contributed by atoms with Crippen molar-refractivity contribution in [2.24, 2.45) is 0 Å². The van der Waals surface area contributed by atoms with Crippen molar-refractivity contribution in [2.45, 2.75) is 17.4 Å². The van der Waals surface area contributed by atoms with Gasteiger partial charge in [0.25, 0.3) is 5.22 Å². The molecule has 0 radical (unpaired) electrons. The lowest BCUT2D eigenvalue weighted by Crippen LogP contribution is -2.14. The summed E-state index contributed by atoms with van der Waals surface area (Å²) in [5, 5.41) is 7.69. The number of nitrogens with zero attached hydrogens (tertiary/aromatic N) is 3. The van der Waals surface area contributed by atoms with Crippen molar-refractivity contribution in [2.75, 3.05) is 7.11 Å². The van der Waals surface area contributed by atoms with Gasteiger partial charge in [-0.05, 0) is 19.1 Å². The summed E-state index contributed by atoms with van der Waals surface area (Å²) in [5.41, 5.74) is 0.738. The Kier molecular flexibility index (Phi) is 3.93. The molecule has 0 aromatic carbocycles. The maximum atomic E-state index is 11.3. The normalized spacial score (nSPS) is 12.1. The molecule has 2 heterocycles. The molecule has 0 unspecified atom stereocenters. The number of methoxy groups -OCH3 is 1. The maximum Gasteiger partial charge on any atom is 0.319 e. The molecule has 0 amide bonds. The van der Waals surface area contributed by atoms with Crippen molar-refractivity contribution in [1.29, 1.82) is 0 Å². The van der Waals surface area contributed by atoms with Gasteiger partial charge < -0.3 is 9.15 Å². The number of hydrogen-bond acceptors (Lipinski definition) is 7. The number of carbonyl (C=O) groups excluding carboxylic acids is 1. The third-order valence-corrected chi connectivity index (χ3v) is 3.04. The molecule has 2 rings (SSSR count). The van der Waals surface area contributed by atoms with Gasteiger partial charge in [-0.15, -0.1) is 10.2 Å². The minimum Gasteiger partial charge on any atom is -0.468 e. The van der Waals surface area contributed by atoms with Gasteiger partial charge in [0, 0.05) is 12.4 Å². The van der Waals surface area contributed by atoms with Gasteiger partial charge in [-0.25, -0.2) is 0 Å². The van der Waals surface area contributed by atoms with Crippen molar-refractivity contribution in [3.63, 3.8) is 0 Å². The van der Waals surface area contributed by atoms with Gasteiger partial charge in [0.05, 0.1) is 12.7 Å². The van der Waals surface area contributed by atoms with Gasteiger partial charge in [0.1, 0.15) is 5.25 Å². The summed E-state index contributed by atoms with van der Waals surface area (Å²) in [4.78, 5) is 15.2. The molecule has 0 saturated carbocycles. The maximum absolute atomic E-state index is 11.3. The van der Waals surface area contributed by atoms with E-state index >= 15 is 0 Å². The van der Waals surface area contributed by atoms with E-state index in [0.717, 1.165) is 17.3 Å². The molecule has 2 aromatic heterocycles. The third-order valence-electron chi connectivity index (χ3n) is 2.13. The lowest BCUT2D eigenvalue weighted by molar-refractivity contribution is -0.139. The molecule has 18 heavy (non-hydrogen) atoms. The Hall–Kier alpha value is -1.89. The number of pyridine rings is 1. The first-order valence-corrected chi connectivity index (χ1v) is 6.07. The quantitative estimate of drug-likeness (QED) is 0.616. The first-order valence-electron chi connectivity index (χ1n) is 5.19. The summed E-state index contributed by atoms with van der Waals surface area (Å²) in [6, 6.07) is 3.60. The summed E-state index contributed by atoms with van der Waals surface area (Å²) in [5.74, 6) is 0.0452. The Morgan fingerprint density at radius 2 is 2.33 bits per heavy atom. The summed E-state index contributed by atoms with van der Waals surface area (Å²) >= 11 is 1.16. The smallest absolute Gasteiger partial charge is 0.319 e. The number of carbonyl (C=O) groups is 1. The predicted molar refractivity (Wildman–Crippen MR) is 64.9 cm³/mol. The Balaban J connectivity index is 2.09. The van der Waals surface area contributed by atoms with Gasteiger partial charge >= 0.3 is 5.97 Å². The fourth-order valence-corrected chi connectivity index (χ4v) is 1.94. The van der Waals surface area contributed by atoms with E-state index in [0.29, 0.717) is 11.1 Å². The minimum atomic E-state index is -0.391. The molecule has 1 atom stereocenters. The molecule has 0 saturated heterocycles. The molecular weight excluding hydrogens is 254 g/mol. The fourth-order valence-electron chi connectivity index (χ4n) is 1.23. The molecule has 7 heteroatoms. The Labute approximate surface area is 108 Å². The lowest BCUT2D eigenvalue weighted by atomic mass is 10.3. The summed E-state index contributed by atoms with van der Waals surface area (Å²) < 4.78 is 10.0. The van der Waals surface area contributed by atoms with Crippen molar-refractivity contribution in [3.05, 3.63) is 24.5 Å². The average molecular weight is 265 g/mol. The largest absolute Gasteiger partial charge is 0.468 e. The van der Waals surface area contributed by atoms with E-state index in [4.69, 9.17) is 4.42 Å². The zero-order chi connectivity index (χ0) is 13.0. The van der Waals surface area contributed by atoms with Crippen LogP contribution in [0, 0.1) is 0 Å². The summed E-state index contributed by atoms with van der Waals surface area (Å²) in [6.07, 6.45) is 3.29. The molecule has 0 aliphatic rings. The zero-order valence-corrected chi connectivity index (χ0v) is 10.7. The van der Waals surface area contributed by atoms with Gasteiger partial charge in [-0.2, -0.15) is 0 Å². The van der Waals surface area contributed by atoms with E-state index in [9.17, 15) is 4.79 Å². The Bertz CT molecular complexity index is 529. The van der Waals surface area contributed by atoms with Crippen LogP contribution in [-0.4, -0.2) is 33.5 Å². The van der Waals surface area contributed by atoms with Crippen molar-refractivity contribution < 1.29 is 13.9 Å². The third kappa shape index (κ3) is 2.86. The van der Waals surface area contributed by atoms with E-state index < -0.39 is 5.25 Å². The Morgan fingerprint density at radius 3 is 3.00 bits per heavy atom. The number of esters is 1. The van der Waals surface area contributed by atoms with Crippen LogP contribution in [0.5, 0.6) is 0 Å². The van der Waals surface area contributed by atoms with E-state index in [1.807, 2.05) is 6.07 Å². The number of rotatable bonds is 4. The highest BCUT2D eigenvalue weighted by Crippen LogP contribution is 2.25. The number of ether oxygens (including phenoxy) is 1. The van der Waals surface area contributed by atoms with Crippen LogP contribution in [0.25, 0.3) is 11.5 Å². The second-order valence-corrected chi connectivity index (χ2v) is 4.69. The van der Waals surface area contributed by atoms with Crippen LogP contribution in [0.4, 0.5) is 0 Å². The second kappa shape index (κ2) is 5.63. The number of thioether (sulfide) groups is 1.